The van der Waals surface area contributed by atoms with Crippen molar-refractivity contribution in [2.24, 2.45) is 0 Å². The first-order valence-corrected chi connectivity index (χ1v) is 7.78. The van der Waals surface area contributed by atoms with Gasteiger partial charge in [-0.05, 0) is 26.2 Å². The summed E-state index contributed by atoms with van der Waals surface area (Å²) >= 11 is 0. The molecule has 0 amide bonds. The molecule has 0 saturated carbocycles. The van der Waals surface area contributed by atoms with Crippen molar-refractivity contribution in [1.29, 1.82) is 0 Å². The van der Waals surface area contributed by atoms with Crippen LogP contribution in [0.25, 0.3) is 0 Å². The van der Waals surface area contributed by atoms with E-state index in [0.29, 0.717) is 6.42 Å². The molecule has 6 atom stereocenters. The molecule has 0 unspecified atom stereocenters. The molecule has 0 aromatic heterocycles. The van der Waals surface area contributed by atoms with E-state index in [0.717, 1.165) is 38.7 Å². The maximum absolute atomic E-state index is 11.4. The molecule has 0 aliphatic carbocycles. The predicted octanol–water partition coefficient (Wildman–Crippen LogP) is 1.58. The summed E-state index contributed by atoms with van der Waals surface area (Å²) in [7, 11) is 0. The summed E-state index contributed by atoms with van der Waals surface area (Å²) < 4.78 is 23.8. The maximum atomic E-state index is 11.4. The van der Waals surface area contributed by atoms with Crippen LogP contribution >= 0.6 is 0 Å². The standard InChI is InChI=1S/C15H22O5/c1-15-8-12-11(19-13(15)3-2-6-17-15)7-10-9(18-12)4-5-14(16)20-10/h9-13H,2-8H2,1H3/t9-,10+,11-,12+,13+,15-/m0/s1. The van der Waals surface area contributed by atoms with Crippen molar-refractivity contribution < 1.29 is 23.7 Å². The maximum Gasteiger partial charge on any atom is 0.306 e. The van der Waals surface area contributed by atoms with Crippen LogP contribution in [-0.2, 0) is 23.7 Å². The molecule has 4 fully saturated rings. The minimum atomic E-state index is -0.211. The number of esters is 1. The summed E-state index contributed by atoms with van der Waals surface area (Å²) in [5.41, 5.74) is -0.211. The van der Waals surface area contributed by atoms with E-state index in [4.69, 9.17) is 18.9 Å². The lowest BCUT2D eigenvalue weighted by molar-refractivity contribution is -0.292. The smallest absolute Gasteiger partial charge is 0.306 e. The van der Waals surface area contributed by atoms with E-state index >= 15 is 0 Å². The van der Waals surface area contributed by atoms with E-state index in [1.165, 1.54) is 0 Å². The molecule has 5 nitrogen and oxygen atoms in total. The molecule has 4 rings (SSSR count). The average molecular weight is 282 g/mol. The number of carbonyl (C=O) groups is 1. The lowest BCUT2D eigenvalue weighted by Gasteiger charge is -2.53. The number of ether oxygens (including phenoxy) is 4. The van der Waals surface area contributed by atoms with Gasteiger partial charge in [0.15, 0.2) is 0 Å². The van der Waals surface area contributed by atoms with E-state index in [1.807, 2.05) is 0 Å². The van der Waals surface area contributed by atoms with Gasteiger partial charge in [0, 0.05) is 25.9 Å². The van der Waals surface area contributed by atoms with Gasteiger partial charge in [0.1, 0.15) is 6.10 Å². The van der Waals surface area contributed by atoms with Crippen molar-refractivity contribution in [1.82, 2.24) is 0 Å². The second-order valence-electron chi connectivity index (χ2n) is 6.69. The van der Waals surface area contributed by atoms with Crippen molar-refractivity contribution in [3.63, 3.8) is 0 Å². The highest BCUT2D eigenvalue weighted by Crippen LogP contribution is 2.43. The fraction of sp³-hybridized carbons (Fsp3) is 0.933. The summed E-state index contributed by atoms with van der Waals surface area (Å²) in [5, 5.41) is 0. The first kappa shape index (κ1) is 13.0. The Balaban J connectivity index is 1.51. The summed E-state index contributed by atoms with van der Waals surface area (Å²) in [6.07, 6.45) is 5.20. The molecule has 0 N–H and O–H groups in total. The van der Waals surface area contributed by atoms with Crippen molar-refractivity contribution in [3.8, 4) is 0 Å². The Labute approximate surface area is 118 Å². The van der Waals surface area contributed by atoms with Gasteiger partial charge in [-0.1, -0.05) is 0 Å². The first-order chi connectivity index (χ1) is 9.64. The SMILES string of the molecule is C[C@]12C[C@H]3O[C@H]4CCC(=O)O[C@@H]4C[C@@H]3O[C@@H]1CCCO2. The molecule has 0 aromatic carbocycles. The van der Waals surface area contributed by atoms with Gasteiger partial charge in [-0.2, -0.15) is 0 Å². The van der Waals surface area contributed by atoms with Crippen LogP contribution in [0.4, 0.5) is 0 Å². The lowest BCUT2D eigenvalue weighted by Crippen LogP contribution is -2.62. The molecule has 112 valence electrons. The van der Waals surface area contributed by atoms with Crippen LogP contribution in [0, 0.1) is 0 Å². The normalized spacial score (nSPS) is 51.5. The third-order valence-electron chi connectivity index (χ3n) is 5.23. The van der Waals surface area contributed by atoms with Gasteiger partial charge < -0.3 is 18.9 Å². The Hall–Kier alpha value is -0.650. The number of fused-ring (bicyclic) bond motifs is 3. The molecular formula is C15H22O5. The molecule has 0 spiro atoms. The van der Waals surface area contributed by atoms with Gasteiger partial charge in [0.25, 0.3) is 0 Å². The van der Waals surface area contributed by atoms with Crippen LogP contribution in [0.2, 0.25) is 0 Å². The molecule has 4 heterocycles. The molecule has 4 saturated heterocycles. The number of carbonyl (C=O) groups excluding carboxylic acids is 1. The van der Waals surface area contributed by atoms with Gasteiger partial charge in [-0.25, -0.2) is 0 Å². The minimum Gasteiger partial charge on any atom is -0.459 e. The number of rotatable bonds is 0. The van der Waals surface area contributed by atoms with E-state index in [2.05, 4.69) is 6.92 Å². The van der Waals surface area contributed by atoms with Crippen LogP contribution in [0.15, 0.2) is 0 Å². The summed E-state index contributed by atoms with van der Waals surface area (Å²) in [4.78, 5) is 11.4. The van der Waals surface area contributed by atoms with Crippen LogP contribution in [0.1, 0.15) is 45.4 Å². The highest BCUT2D eigenvalue weighted by molar-refractivity contribution is 5.70. The van der Waals surface area contributed by atoms with Crippen LogP contribution in [0.5, 0.6) is 0 Å². The molecule has 20 heavy (non-hydrogen) atoms. The molecular weight excluding hydrogens is 260 g/mol. The second kappa shape index (κ2) is 4.68. The zero-order chi connectivity index (χ0) is 13.7. The molecule has 4 aliphatic rings. The highest BCUT2D eigenvalue weighted by atomic mass is 16.6. The van der Waals surface area contributed by atoms with Gasteiger partial charge in [0.2, 0.25) is 0 Å². The Kier molecular flexibility index (Phi) is 3.05. The van der Waals surface area contributed by atoms with E-state index in [-0.39, 0.29) is 42.1 Å². The first-order valence-electron chi connectivity index (χ1n) is 7.78. The van der Waals surface area contributed by atoms with Crippen molar-refractivity contribution in [2.45, 2.75) is 81.6 Å². The fourth-order valence-corrected chi connectivity index (χ4v) is 4.11. The number of hydrogen-bond donors (Lipinski definition) is 0. The van der Waals surface area contributed by atoms with Crippen LogP contribution in [-0.4, -0.2) is 48.7 Å². The van der Waals surface area contributed by atoms with E-state index < -0.39 is 0 Å². The fourth-order valence-electron chi connectivity index (χ4n) is 4.11. The van der Waals surface area contributed by atoms with Crippen LogP contribution < -0.4 is 0 Å². The highest BCUT2D eigenvalue weighted by Gasteiger charge is 2.53. The summed E-state index contributed by atoms with van der Waals surface area (Å²) in [6, 6.07) is 0. The van der Waals surface area contributed by atoms with E-state index in [1.54, 1.807) is 0 Å². The Bertz CT molecular complexity index is 411. The zero-order valence-electron chi connectivity index (χ0n) is 11.9. The topological polar surface area (TPSA) is 54.0 Å². The second-order valence-corrected chi connectivity index (χ2v) is 6.69. The Morgan fingerprint density at radius 2 is 2.00 bits per heavy atom. The van der Waals surface area contributed by atoms with Gasteiger partial charge in [-0.3, -0.25) is 4.79 Å². The largest absolute Gasteiger partial charge is 0.459 e. The third kappa shape index (κ3) is 2.07. The van der Waals surface area contributed by atoms with Gasteiger partial charge >= 0.3 is 5.97 Å². The van der Waals surface area contributed by atoms with E-state index in [9.17, 15) is 4.79 Å². The lowest BCUT2D eigenvalue weighted by atomic mass is 9.80. The van der Waals surface area contributed by atoms with Crippen LogP contribution in [0.3, 0.4) is 0 Å². The quantitative estimate of drug-likeness (QED) is 0.631. The van der Waals surface area contributed by atoms with Gasteiger partial charge in [-0.15, -0.1) is 0 Å². The monoisotopic (exact) mass is 282 g/mol. The average Bonchev–Trinajstić information content (AvgIpc) is 2.42. The third-order valence-corrected chi connectivity index (χ3v) is 5.23. The van der Waals surface area contributed by atoms with Gasteiger partial charge in [0.05, 0.1) is 30.0 Å². The molecule has 0 aromatic rings. The molecule has 0 bridgehead atoms. The van der Waals surface area contributed by atoms with Crippen molar-refractivity contribution >= 4 is 5.97 Å². The summed E-state index contributed by atoms with van der Waals surface area (Å²) in [5.74, 6) is -0.102. The Morgan fingerprint density at radius 3 is 2.90 bits per heavy atom. The predicted molar refractivity (Wildman–Crippen MR) is 69.3 cm³/mol. The molecule has 5 heteroatoms. The number of hydrogen-bond acceptors (Lipinski definition) is 5. The Morgan fingerprint density at radius 1 is 1.10 bits per heavy atom. The summed E-state index contributed by atoms with van der Waals surface area (Å²) in [6.45, 7) is 2.96. The molecule has 4 aliphatic heterocycles. The van der Waals surface area contributed by atoms with Crippen molar-refractivity contribution in [2.75, 3.05) is 6.61 Å². The zero-order valence-corrected chi connectivity index (χ0v) is 11.9. The van der Waals surface area contributed by atoms with Crippen molar-refractivity contribution in [3.05, 3.63) is 0 Å². The molecule has 0 radical (unpaired) electrons. The minimum absolute atomic E-state index is 0.0429.